The van der Waals surface area contributed by atoms with Crippen LogP contribution in [0.5, 0.6) is 0 Å². The number of hydrogen-bond acceptors (Lipinski definition) is 4. The van der Waals surface area contributed by atoms with E-state index in [1.54, 1.807) is 11.1 Å². The SMILES string of the molecule is CCCNCCCCN(CCC)C(=O)[C@H](O)Cc1cc(C)c(C)cn1. The van der Waals surface area contributed by atoms with Crippen LogP contribution >= 0.6 is 0 Å². The van der Waals surface area contributed by atoms with Gasteiger partial charge in [-0.3, -0.25) is 9.78 Å². The fourth-order valence-electron chi connectivity index (χ4n) is 2.75. The fraction of sp³-hybridized carbons (Fsp3) is 0.700. The molecule has 1 amide bonds. The Hall–Kier alpha value is -1.46. The van der Waals surface area contributed by atoms with Crippen molar-refractivity contribution in [3.8, 4) is 0 Å². The number of rotatable bonds is 12. The molecule has 0 saturated heterocycles. The van der Waals surface area contributed by atoms with Crippen molar-refractivity contribution in [3.05, 3.63) is 29.1 Å². The Balaban J connectivity index is 2.50. The van der Waals surface area contributed by atoms with Gasteiger partial charge < -0.3 is 15.3 Å². The Bertz CT molecular complexity index is 520. The van der Waals surface area contributed by atoms with Crippen LogP contribution in [0, 0.1) is 13.8 Å². The lowest BCUT2D eigenvalue weighted by Crippen LogP contribution is -2.41. The maximum atomic E-state index is 12.6. The lowest BCUT2D eigenvalue weighted by molar-refractivity contribution is -0.140. The van der Waals surface area contributed by atoms with E-state index in [2.05, 4.69) is 24.1 Å². The highest BCUT2D eigenvalue weighted by Crippen LogP contribution is 2.10. The summed E-state index contributed by atoms with van der Waals surface area (Å²) in [6.45, 7) is 11.7. The molecule has 0 bridgehead atoms. The molecule has 0 radical (unpaired) electrons. The number of aromatic nitrogens is 1. The van der Waals surface area contributed by atoms with E-state index in [1.165, 1.54) is 0 Å². The molecule has 1 aromatic heterocycles. The van der Waals surface area contributed by atoms with E-state index in [4.69, 9.17) is 0 Å². The van der Waals surface area contributed by atoms with Crippen LogP contribution < -0.4 is 5.32 Å². The number of aryl methyl sites for hydroxylation is 2. The van der Waals surface area contributed by atoms with E-state index in [9.17, 15) is 9.90 Å². The van der Waals surface area contributed by atoms with Crippen molar-refractivity contribution in [1.82, 2.24) is 15.2 Å². The van der Waals surface area contributed by atoms with Crippen molar-refractivity contribution in [3.63, 3.8) is 0 Å². The highest BCUT2D eigenvalue weighted by molar-refractivity contribution is 5.80. The Morgan fingerprint density at radius 1 is 1.16 bits per heavy atom. The second-order valence-electron chi connectivity index (χ2n) is 6.76. The number of carbonyl (C=O) groups is 1. The third kappa shape index (κ3) is 7.97. The van der Waals surface area contributed by atoms with E-state index in [0.29, 0.717) is 13.1 Å². The molecule has 0 unspecified atom stereocenters. The summed E-state index contributed by atoms with van der Waals surface area (Å²) in [5, 5.41) is 13.7. The Morgan fingerprint density at radius 3 is 2.56 bits per heavy atom. The molecule has 0 aliphatic carbocycles. The van der Waals surface area contributed by atoms with Gasteiger partial charge >= 0.3 is 0 Å². The van der Waals surface area contributed by atoms with Gasteiger partial charge in [-0.25, -0.2) is 0 Å². The van der Waals surface area contributed by atoms with Crippen LogP contribution in [0.2, 0.25) is 0 Å². The van der Waals surface area contributed by atoms with Crippen LogP contribution in [0.3, 0.4) is 0 Å². The molecule has 5 heteroatoms. The second kappa shape index (κ2) is 12.0. The van der Waals surface area contributed by atoms with Crippen molar-refractivity contribution in [2.24, 2.45) is 0 Å². The minimum atomic E-state index is -1.01. The first kappa shape index (κ1) is 21.6. The standard InChI is InChI=1S/C20H35N3O2/c1-5-9-21-10-7-8-12-23(11-6-2)20(25)19(24)14-18-13-16(3)17(4)15-22-18/h13,15,19,21,24H,5-12,14H2,1-4H3/t19-/m1/s1. The lowest BCUT2D eigenvalue weighted by atomic mass is 10.1. The average Bonchev–Trinajstić information content (AvgIpc) is 2.59. The number of aliphatic hydroxyl groups is 1. The first-order chi connectivity index (χ1) is 12.0. The molecule has 1 atom stereocenters. The van der Waals surface area contributed by atoms with Crippen LogP contribution in [-0.4, -0.2) is 53.2 Å². The normalized spacial score (nSPS) is 12.2. The number of pyridine rings is 1. The van der Waals surface area contributed by atoms with Gasteiger partial charge in [-0.05, 0) is 69.8 Å². The number of unbranched alkanes of at least 4 members (excludes halogenated alkanes) is 1. The third-order valence-electron chi connectivity index (χ3n) is 4.38. The number of carbonyl (C=O) groups excluding carboxylic acids is 1. The highest BCUT2D eigenvalue weighted by atomic mass is 16.3. The number of aliphatic hydroxyl groups excluding tert-OH is 1. The summed E-state index contributed by atoms with van der Waals surface area (Å²) in [6.07, 6.45) is 5.10. The molecule has 1 heterocycles. The molecule has 5 nitrogen and oxygen atoms in total. The van der Waals surface area contributed by atoms with Gasteiger partial charge in [0, 0.05) is 31.4 Å². The Morgan fingerprint density at radius 2 is 1.92 bits per heavy atom. The Kier molecular flexibility index (Phi) is 10.3. The van der Waals surface area contributed by atoms with Crippen molar-refractivity contribution in [1.29, 1.82) is 0 Å². The number of amides is 1. The fourth-order valence-corrected chi connectivity index (χ4v) is 2.75. The molecule has 142 valence electrons. The number of nitrogens with one attached hydrogen (secondary N) is 1. The molecule has 0 spiro atoms. The molecule has 1 rings (SSSR count). The minimum Gasteiger partial charge on any atom is -0.383 e. The average molecular weight is 350 g/mol. The van der Waals surface area contributed by atoms with Crippen molar-refractivity contribution in [2.45, 2.75) is 65.9 Å². The predicted octanol–water partition coefficient (Wildman–Crippen LogP) is 2.62. The van der Waals surface area contributed by atoms with Gasteiger partial charge in [0.2, 0.25) is 0 Å². The van der Waals surface area contributed by atoms with Gasteiger partial charge in [0.25, 0.3) is 5.91 Å². The zero-order valence-corrected chi connectivity index (χ0v) is 16.3. The summed E-state index contributed by atoms with van der Waals surface area (Å²) in [5.41, 5.74) is 3.02. The van der Waals surface area contributed by atoms with Gasteiger partial charge in [0.05, 0.1) is 0 Å². The molecule has 0 fully saturated rings. The van der Waals surface area contributed by atoms with Crippen molar-refractivity contribution >= 4 is 5.91 Å². The first-order valence-electron chi connectivity index (χ1n) is 9.59. The minimum absolute atomic E-state index is 0.177. The largest absolute Gasteiger partial charge is 0.383 e. The molecule has 0 aliphatic rings. The van der Waals surface area contributed by atoms with E-state index in [0.717, 1.165) is 55.6 Å². The predicted molar refractivity (Wildman–Crippen MR) is 103 cm³/mol. The van der Waals surface area contributed by atoms with Crippen LogP contribution in [-0.2, 0) is 11.2 Å². The molecule has 1 aromatic rings. The van der Waals surface area contributed by atoms with Gasteiger partial charge in [-0.15, -0.1) is 0 Å². The van der Waals surface area contributed by atoms with Crippen LogP contribution in [0.1, 0.15) is 56.4 Å². The van der Waals surface area contributed by atoms with Crippen molar-refractivity contribution in [2.75, 3.05) is 26.2 Å². The van der Waals surface area contributed by atoms with Crippen molar-refractivity contribution < 1.29 is 9.90 Å². The maximum Gasteiger partial charge on any atom is 0.251 e. The van der Waals surface area contributed by atoms with Gasteiger partial charge in [-0.1, -0.05) is 13.8 Å². The van der Waals surface area contributed by atoms with E-state index in [1.807, 2.05) is 19.9 Å². The summed E-state index contributed by atoms with van der Waals surface area (Å²) in [6, 6.07) is 1.95. The smallest absolute Gasteiger partial charge is 0.251 e. The van der Waals surface area contributed by atoms with Gasteiger partial charge in [-0.2, -0.15) is 0 Å². The van der Waals surface area contributed by atoms with Gasteiger partial charge in [0.1, 0.15) is 6.10 Å². The summed E-state index contributed by atoms with van der Waals surface area (Å²) >= 11 is 0. The maximum absolute atomic E-state index is 12.6. The monoisotopic (exact) mass is 349 g/mol. The summed E-state index contributed by atoms with van der Waals surface area (Å²) in [7, 11) is 0. The molecular weight excluding hydrogens is 314 g/mol. The van der Waals surface area contributed by atoms with E-state index < -0.39 is 6.10 Å². The third-order valence-corrected chi connectivity index (χ3v) is 4.38. The molecule has 0 aromatic carbocycles. The first-order valence-corrected chi connectivity index (χ1v) is 9.59. The zero-order valence-electron chi connectivity index (χ0n) is 16.3. The second-order valence-corrected chi connectivity index (χ2v) is 6.76. The highest BCUT2D eigenvalue weighted by Gasteiger charge is 2.22. The topological polar surface area (TPSA) is 65.5 Å². The summed E-state index contributed by atoms with van der Waals surface area (Å²) in [4.78, 5) is 18.7. The number of hydrogen-bond donors (Lipinski definition) is 2. The summed E-state index contributed by atoms with van der Waals surface area (Å²) in [5.74, 6) is -0.177. The van der Waals surface area contributed by atoms with E-state index in [-0.39, 0.29) is 12.3 Å². The molecule has 0 aliphatic heterocycles. The van der Waals surface area contributed by atoms with Gasteiger partial charge in [0.15, 0.2) is 0 Å². The van der Waals surface area contributed by atoms with Crippen LogP contribution in [0.15, 0.2) is 12.3 Å². The quantitative estimate of drug-likeness (QED) is 0.569. The Labute approximate surface area is 152 Å². The van der Waals surface area contributed by atoms with Crippen LogP contribution in [0.4, 0.5) is 0 Å². The van der Waals surface area contributed by atoms with Crippen LogP contribution in [0.25, 0.3) is 0 Å². The van der Waals surface area contributed by atoms with E-state index >= 15 is 0 Å². The molecular formula is C20H35N3O2. The number of nitrogens with zero attached hydrogens (tertiary/aromatic N) is 2. The lowest BCUT2D eigenvalue weighted by Gasteiger charge is -2.25. The zero-order chi connectivity index (χ0) is 18.7. The molecule has 25 heavy (non-hydrogen) atoms. The molecule has 0 saturated carbocycles. The summed E-state index contributed by atoms with van der Waals surface area (Å²) < 4.78 is 0. The molecule has 2 N–H and O–H groups in total.